The van der Waals surface area contributed by atoms with Crippen molar-refractivity contribution in [2.75, 3.05) is 27.2 Å². The summed E-state index contributed by atoms with van der Waals surface area (Å²) in [6, 6.07) is 3.74. The van der Waals surface area contributed by atoms with Gasteiger partial charge in [-0.15, -0.1) is 0 Å². The number of hydrogen-bond acceptors (Lipinski definition) is 2. The Morgan fingerprint density at radius 3 is 2.84 bits per heavy atom. The number of halogens is 2. The lowest BCUT2D eigenvalue weighted by molar-refractivity contribution is 0.0638. The average Bonchev–Trinajstić information content (AvgIpc) is 2.40. The van der Waals surface area contributed by atoms with Crippen molar-refractivity contribution in [3.63, 3.8) is 0 Å². The Bertz CT molecular complexity index is 479. The van der Waals surface area contributed by atoms with Gasteiger partial charge in [0.05, 0.1) is 5.56 Å². The zero-order valence-electron chi connectivity index (χ0n) is 11.2. The first kappa shape index (κ1) is 13.9. The van der Waals surface area contributed by atoms with Crippen molar-refractivity contribution in [1.82, 2.24) is 9.80 Å². The minimum absolute atomic E-state index is 0.0499. The molecule has 3 nitrogen and oxygen atoms in total. The molecule has 5 heteroatoms. The Labute approximate surface area is 111 Å². The van der Waals surface area contributed by atoms with Gasteiger partial charge in [0.1, 0.15) is 0 Å². The van der Waals surface area contributed by atoms with E-state index in [0.717, 1.165) is 32.0 Å². The summed E-state index contributed by atoms with van der Waals surface area (Å²) in [6.45, 7) is 1.77. The summed E-state index contributed by atoms with van der Waals surface area (Å²) < 4.78 is 26.8. The maximum absolute atomic E-state index is 13.6. The number of likely N-dealkylation sites (tertiary alicyclic amines) is 1. The first-order chi connectivity index (χ1) is 9.00. The van der Waals surface area contributed by atoms with Gasteiger partial charge in [-0.1, -0.05) is 6.07 Å². The number of carbonyl (C=O) groups is 1. The maximum atomic E-state index is 13.6. The van der Waals surface area contributed by atoms with Crippen LogP contribution >= 0.6 is 0 Å². The van der Waals surface area contributed by atoms with Gasteiger partial charge in [-0.2, -0.15) is 0 Å². The molecule has 1 aliphatic heterocycles. The summed E-state index contributed by atoms with van der Waals surface area (Å²) in [6.07, 6.45) is 1.90. The van der Waals surface area contributed by atoms with E-state index in [-0.39, 0.29) is 11.6 Å². The highest BCUT2D eigenvalue weighted by Gasteiger charge is 2.27. The molecule has 1 fully saturated rings. The highest BCUT2D eigenvalue weighted by atomic mass is 19.2. The van der Waals surface area contributed by atoms with Gasteiger partial charge in [-0.25, -0.2) is 8.78 Å². The lowest BCUT2D eigenvalue weighted by atomic mass is 10.0. The minimum atomic E-state index is -1.07. The molecule has 0 aliphatic carbocycles. The second-order valence-corrected chi connectivity index (χ2v) is 5.08. The molecule has 1 saturated heterocycles. The van der Waals surface area contributed by atoms with E-state index in [4.69, 9.17) is 0 Å². The van der Waals surface area contributed by atoms with Crippen LogP contribution in [0.5, 0.6) is 0 Å². The van der Waals surface area contributed by atoms with Crippen LogP contribution in [0.3, 0.4) is 0 Å². The molecular weight excluding hydrogens is 250 g/mol. The number of likely N-dealkylation sites (N-methyl/N-ethyl adjacent to an activating group) is 2. The largest absolute Gasteiger partial charge is 0.337 e. The summed E-state index contributed by atoms with van der Waals surface area (Å²) in [5.41, 5.74) is -0.198. The number of nitrogens with zero attached hydrogens (tertiary/aromatic N) is 2. The summed E-state index contributed by atoms with van der Waals surface area (Å²) in [4.78, 5) is 15.9. The van der Waals surface area contributed by atoms with E-state index in [1.54, 1.807) is 7.05 Å². The first-order valence-corrected chi connectivity index (χ1v) is 6.40. The molecule has 0 N–H and O–H groups in total. The van der Waals surface area contributed by atoms with Crippen LogP contribution < -0.4 is 0 Å². The number of carbonyl (C=O) groups excluding carboxylic acids is 1. The molecule has 1 unspecified atom stereocenters. The van der Waals surface area contributed by atoms with Gasteiger partial charge in [-0.3, -0.25) is 4.79 Å². The highest BCUT2D eigenvalue weighted by Crippen LogP contribution is 2.18. The van der Waals surface area contributed by atoms with E-state index in [2.05, 4.69) is 4.90 Å². The van der Waals surface area contributed by atoms with Crippen LogP contribution in [0.1, 0.15) is 23.2 Å². The fraction of sp³-hybridized carbons (Fsp3) is 0.500. The Balaban J connectivity index is 2.16. The summed E-state index contributed by atoms with van der Waals surface area (Å²) in [5, 5.41) is 0. The second kappa shape index (κ2) is 5.65. The van der Waals surface area contributed by atoms with Crippen LogP contribution in [0.4, 0.5) is 8.78 Å². The molecule has 1 aliphatic rings. The lowest BCUT2D eigenvalue weighted by Gasteiger charge is -2.35. The number of benzene rings is 1. The lowest BCUT2D eigenvalue weighted by Crippen LogP contribution is -2.47. The van der Waals surface area contributed by atoms with E-state index < -0.39 is 17.5 Å². The molecule has 0 radical (unpaired) electrons. The van der Waals surface area contributed by atoms with Crippen molar-refractivity contribution in [3.8, 4) is 0 Å². The van der Waals surface area contributed by atoms with Crippen LogP contribution in [0.15, 0.2) is 18.2 Å². The van der Waals surface area contributed by atoms with Gasteiger partial charge in [0, 0.05) is 19.6 Å². The van der Waals surface area contributed by atoms with Crippen LogP contribution in [-0.4, -0.2) is 48.9 Å². The summed E-state index contributed by atoms with van der Waals surface area (Å²) in [5.74, 6) is -2.51. The Hall–Kier alpha value is -1.49. The highest BCUT2D eigenvalue weighted by molar-refractivity contribution is 5.94. The fourth-order valence-electron chi connectivity index (χ4n) is 2.48. The van der Waals surface area contributed by atoms with Gasteiger partial charge in [0.25, 0.3) is 5.91 Å². The van der Waals surface area contributed by atoms with E-state index >= 15 is 0 Å². The second-order valence-electron chi connectivity index (χ2n) is 5.08. The van der Waals surface area contributed by atoms with E-state index in [9.17, 15) is 13.6 Å². The molecule has 0 saturated carbocycles. The standard InChI is InChI=1S/C14H18F2N2O/c1-17-8-4-5-10(9-17)18(2)14(19)11-6-3-7-12(15)13(11)16/h3,6-7,10H,4-5,8-9H2,1-2H3. The summed E-state index contributed by atoms with van der Waals surface area (Å²) in [7, 11) is 3.64. The minimum Gasteiger partial charge on any atom is -0.337 e. The third-order valence-corrected chi connectivity index (χ3v) is 3.65. The molecule has 0 bridgehead atoms. The normalized spacial score (nSPS) is 20.3. The van der Waals surface area contributed by atoms with E-state index in [1.165, 1.54) is 17.0 Å². The quantitative estimate of drug-likeness (QED) is 0.820. The zero-order valence-corrected chi connectivity index (χ0v) is 11.2. The maximum Gasteiger partial charge on any atom is 0.256 e. The fourth-order valence-corrected chi connectivity index (χ4v) is 2.48. The number of hydrogen-bond donors (Lipinski definition) is 0. The smallest absolute Gasteiger partial charge is 0.256 e. The molecule has 2 rings (SSSR count). The molecule has 0 spiro atoms. The van der Waals surface area contributed by atoms with Crippen LogP contribution in [-0.2, 0) is 0 Å². The molecule has 1 atom stereocenters. The van der Waals surface area contributed by atoms with Crippen molar-refractivity contribution in [1.29, 1.82) is 0 Å². The number of amides is 1. The van der Waals surface area contributed by atoms with Crippen molar-refractivity contribution >= 4 is 5.91 Å². The molecule has 1 aromatic rings. The predicted molar refractivity (Wildman–Crippen MR) is 69.0 cm³/mol. The zero-order chi connectivity index (χ0) is 14.0. The average molecular weight is 268 g/mol. The van der Waals surface area contributed by atoms with Gasteiger partial charge in [0.15, 0.2) is 11.6 Å². The molecular formula is C14H18F2N2O. The SMILES string of the molecule is CN1CCCC(N(C)C(=O)c2cccc(F)c2F)C1. The third-order valence-electron chi connectivity index (χ3n) is 3.65. The number of piperidine rings is 1. The van der Waals surface area contributed by atoms with Crippen molar-refractivity contribution in [2.24, 2.45) is 0 Å². The van der Waals surface area contributed by atoms with Gasteiger partial charge in [0.2, 0.25) is 0 Å². The van der Waals surface area contributed by atoms with Gasteiger partial charge < -0.3 is 9.80 Å². The van der Waals surface area contributed by atoms with Crippen molar-refractivity contribution < 1.29 is 13.6 Å². The van der Waals surface area contributed by atoms with Crippen LogP contribution in [0.2, 0.25) is 0 Å². The molecule has 1 amide bonds. The molecule has 1 heterocycles. The topological polar surface area (TPSA) is 23.6 Å². The molecule has 19 heavy (non-hydrogen) atoms. The predicted octanol–water partition coefficient (Wildman–Crippen LogP) is 2.13. The van der Waals surface area contributed by atoms with Crippen LogP contribution in [0, 0.1) is 11.6 Å². The summed E-state index contributed by atoms with van der Waals surface area (Å²) >= 11 is 0. The van der Waals surface area contributed by atoms with Gasteiger partial charge >= 0.3 is 0 Å². The molecule has 104 valence electrons. The Morgan fingerprint density at radius 1 is 1.42 bits per heavy atom. The van der Waals surface area contributed by atoms with Crippen molar-refractivity contribution in [2.45, 2.75) is 18.9 Å². The first-order valence-electron chi connectivity index (χ1n) is 6.40. The Kier molecular flexibility index (Phi) is 4.14. The van der Waals surface area contributed by atoms with Crippen molar-refractivity contribution in [3.05, 3.63) is 35.4 Å². The van der Waals surface area contributed by atoms with Gasteiger partial charge in [-0.05, 0) is 38.6 Å². The number of rotatable bonds is 2. The molecule has 0 aromatic heterocycles. The molecule has 1 aromatic carbocycles. The monoisotopic (exact) mass is 268 g/mol. The third kappa shape index (κ3) is 2.92. The van der Waals surface area contributed by atoms with E-state index in [1.807, 2.05) is 7.05 Å². The Morgan fingerprint density at radius 2 is 2.16 bits per heavy atom. The van der Waals surface area contributed by atoms with E-state index in [0.29, 0.717) is 0 Å². The van der Waals surface area contributed by atoms with Crippen LogP contribution in [0.25, 0.3) is 0 Å².